The third-order valence-corrected chi connectivity index (χ3v) is 20.1. The number of aliphatic hydroxyl groups is 3. The van der Waals surface area contributed by atoms with Gasteiger partial charge in [-0.25, -0.2) is 0 Å². The molecule has 0 bridgehead atoms. The van der Waals surface area contributed by atoms with Gasteiger partial charge in [-0.2, -0.15) is 0 Å². The van der Waals surface area contributed by atoms with Crippen LogP contribution in [0.5, 0.6) is 0 Å². The smallest absolute Gasteiger partial charge is 0.251 e. The lowest BCUT2D eigenvalue weighted by Crippen LogP contribution is -2.44. The quantitative estimate of drug-likeness (QED) is 0.0187. The molecule has 6 unspecified atom stereocenters. The van der Waals surface area contributed by atoms with Crippen molar-refractivity contribution in [1.29, 1.82) is 0 Å². The Balaban J connectivity index is 0.000000178. The Kier molecular flexibility index (Phi) is 29.4. The predicted molar refractivity (Wildman–Crippen MR) is 460 cm³/mol. The predicted octanol–water partition coefficient (Wildman–Crippen LogP) is 15.5. The maximum Gasteiger partial charge on any atom is 0.251 e. The van der Waals surface area contributed by atoms with E-state index in [1.54, 1.807) is 24.3 Å². The van der Waals surface area contributed by atoms with E-state index in [1.165, 1.54) is 5.56 Å². The van der Waals surface area contributed by atoms with Gasteiger partial charge in [0, 0.05) is 112 Å². The number of amides is 3. The molecule has 0 spiro atoms. The first kappa shape index (κ1) is 81.5. The molecule has 12 aromatic rings. The van der Waals surface area contributed by atoms with E-state index < -0.39 is 0 Å². The van der Waals surface area contributed by atoms with Gasteiger partial charge < -0.3 is 65.7 Å². The van der Waals surface area contributed by atoms with E-state index in [2.05, 4.69) is 66.9 Å². The fraction of sp³-hybridized carbons (Fsp3) is 0.165. The van der Waals surface area contributed by atoms with Gasteiger partial charge in [0.25, 0.3) is 17.7 Å². The number of nitrogens with two attached hydrogens (primary N) is 6. The summed E-state index contributed by atoms with van der Waals surface area (Å²) < 4.78 is 0. The van der Waals surface area contributed by atoms with Crippen molar-refractivity contribution in [3.8, 4) is 33.4 Å². The normalized spacial score (nSPS) is 12.5. The number of anilines is 3. The van der Waals surface area contributed by atoms with Gasteiger partial charge in [0.1, 0.15) is 0 Å². The van der Waals surface area contributed by atoms with Crippen molar-refractivity contribution < 1.29 is 29.7 Å². The molecule has 6 atom stereocenters. The number of carbonyl (C=O) groups excluding carboxylic acids is 3. The highest BCUT2D eigenvalue weighted by Gasteiger charge is 2.28. The van der Waals surface area contributed by atoms with Crippen LogP contribution in [-0.4, -0.2) is 71.0 Å². The molecule has 0 aliphatic carbocycles. The molecule has 0 heterocycles. The first-order chi connectivity index (χ1) is 54.2. The summed E-state index contributed by atoms with van der Waals surface area (Å²) >= 11 is 0. The van der Waals surface area contributed by atoms with Crippen LogP contribution in [0.1, 0.15) is 86.7 Å². The number of hydrogen-bond donors (Lipinski definition) is 12. The van der Waals surface area contributed by atoms with Gasteiger partial charge in [-0.3, -0.25) is 14.4 Å². The summed E-state index contributed by atoms with van der Waals surface area (Å²) in [5, 5.41) is 40.8. The first-order valence-corrected chi connectivity index (χ1v) is 37.6. The molecule has 18 N–H and O–H groups in total. The molecule has 0 radical (unpaired) electrons. The molecular weight excluding hydrogens is 1390 g/mol. The molecule has 12 rings (SSSR count). The van der Waals surface area contributed by atoms with E-state index in [1.807, 2.05) is 255 Å². The van der Waals surface area contributed by atoms with Gasteiger partial charge in [0.2, 0.25) is 0 Å². The van der Waals surface area contributed by atoms with E-state index in [0.29, 0.717) is 89.4 Å². The second-order valence-corrected chi connectivity index (χ2v) is 28.5. The van der Waals surface area contributed by atoms with E-state index in [4.69, 9.17) is 34.4 Å². The van der Waals surface area contributed by atoms with E-state index in [-0.39, 0.29) is 73.4 Å². The summed E-state index contributed by atoms with van der Waals surface area (Å²) in [5.41, 5.74) is 56.6. The third-order valence-electron chi connectivity index (χ3n) is 20.1. The Morgan fingerprint density at radius 1 is 0.304 bits per heavy atom. The van der Waals surface area contributed by atoms with Crippen molar-refractivity contribution in [3.05, 3.63) is 395 Å². The minimum absolute atomic E-state index is 0.0576. The minimum atomic E-state index is -0.299. The van der Waals surface area contributed by atoms with Crippen LogP contribution in [0.3, 0.4) is 0 Å². The summed E-state index contributed by atoms with van der Waals surface area (Å²) in [6, 6.07) is 96.5. The third kappa shape index (κ3) is 23.7. The van der Waals surface area contributed by atoms with Gasteiger partial charge in [-0.05, 0) is 202 Å². The number of nitrogens with one attached hydrogen (secondary N) is 3. The molecule has 12 aromatic carbocycles. The molecule has 15 nitrogen and oxygen atoms in total. The Hall–Kier alpha value is -13.1. The summed E-state index contributed by atoms with van der Waals surface area (Å²) in [6.45, 7) is 13.3. The Labute approximate surface area is 658 Å². The summed E-state index contributed by atoms with van der Waals surface area (Å²) in [5.74, 6) is -1.12. The van der Waals surface area contributed by atoms with Crippen molar-refractivity contribution in [2.24, 2.45) is 35.0 Å². The number of aliphatic hydroxyl groups excluding tert-OH is 3. The van der Waals surface area contributed by atoms with Crippen LogP contribution in [0.25, 0.3) is 50.5 Å². The lowest BCUT2D eigenvalue weighted by molar-refractivity contribution is 0.0894. The van der Waals surface area contributed by atoms with Crippen molar-refractivity contribution in [1.82, 2.24) is 16.0 Å². The highest BCUT2D eigenvalue weighted by Crippen LogP contribution is 2.30. The molecule has 570 valence electrons. The number of carbonyl (C=O) groups is 3. The van der Waals surface area contributed by atoms with Crippen molar-refractivity contribution >= 4 is 51.9 Å². The maximum absolute atomic E-state index is 13.4. The van der Waals surface area contributed by atoms with Crippen LogP contribution in [-0.2, 0) is 38.5 Å². The minimum Gasteiger partial charge on any atom is -0.399 e. The van der Waals surface area contributed by atoms with Crippen LogP contribution >= 0.6 is 0 Å². The monoisotopic (exact) mass is 1490 g/mol. The second kappa shape index (κ2) is 40.4. The van der Waals surface area contributed by atoms with Gasteiger partial charge >= 0.3 is 0 Å². The fourth-order valence-electron chi connectivity index (χ4n) is 13.7. The zero-order valence-electron chi connectivity index (χ0n) is 63.3. The van der Waals surface area contributed by atoms with Gasteiger partial charge in [0.05, 0.1) is 0 Å². The van der Waals surface area contributed by atoms with Crippen LogP contribution in [0.15, 0.2) is 323 Å². The highest BCUT2D eigenvalue weighted by atomic mass is 16.3. The van der Waals surface area contributed by atoms with E-state index in [0.717, 1.165) is 83.5 Å². The largest absolute Gasteiger partial charge is 0.399 e. The fourth-order valence-corrected chi connectivity index (χ4v) is 13.7. The molecule has 0 aromatic heterocycles. The van der Waals surface area contributed by atoms with Gasteiger partial charge in [-0.1, -0.05) is 250 Å². The number of nitrogen functional groups attached to an aromatic ring is 3. The zero-order chi connectivity index (χ0) is 79.5. The van der Waals surface area contributed by atoms with Crippen LogP contribution in [0, 0.1) is 24.7 Å². The molecule has 0 aliphatic rings. The molecule has 112 heavy (non-hydrogen) atoms. The highest BCUT2D eigenvalue weighted by molar-refractivity contribution is 5.96. The summed E-state index contributed by atoms with van der Waals surface area (Å²) in [7, 11) is 0. The SMILES string of the molecule is C=C(N)c1cccc(CC(CO)C(Cc2ccccc2)NC(=O)c2ccc(-c3ccc(C)cc3)cc2)c1.C=C(N)c1cccc(CC(CO)C(Cc2ccccc2)NC(=O)c2ccc(-c3ccc(N)cc3)cc2)c1.C=C(N)c1cccc(CC(CO)C(Cc2ccccc2)NC(=O)c2ccc(-c3ccc(N)cc3N)cc2)c1. The number of hydrogen-bond acceptors (Lipinski definition) is 12. The molecule has 15 heteroatoms. The van der Waals surface area contributed by atoms with Crippen LogP contribution in [0.2, 0.25) is 0 Å². The van der Waals surface area contributed by atoms with Gasteiger partial charge in [-0.15, -0.1) is 0 Å². The molecule has 3 amide bonds. The number of aryl methyl sites for hydroxylation is 1. The Morgan fingerprint density at radius 3 is 0.875 bits per heavy atom. The average Bonchev–Trinajstić information content (AvgIpc) is 0.835. The molecule has 0 saturated carbocycles. The lowest BCUT2D eigenvalue weighted by Gasteiger charge is -2.27. The maximum atomic E-state index is 13.4. The second-order valence-electron chi connectivity index (χ2n) is 28.5. The number of benzene rings is 12. The van der Waals surface area contributed by atoms with Crippen molar-refractivity contribution in [3.63, 3.8) is 0 Å². The van der Waals surface area contributed by atoms with Crippen LogP contribution in [0.4, 0.5) is 17.1 Å². The lowest BCUT2D eigenvalue weighted by atomic mass is 9.88. The van der Waals surface area contributed by atoms with E-state index in [9.17, 15) is 29.7 Å². The zero-order valence-corrected chi connectivity index (χ0v) is 63.3. The molecule has 0 fully saturated rings. The van der Waals surface area contributed by atoms with E-state index >= 15 is 0 Å². The Bertz CT molecular complexity index is 4870. The van der Waals surface area contributed by atoms with Gasteiger partial charge in [0.15, 0.2) is 0 Å². The number of rotatable bonds is 30. The summed E-state index contributed by atoms with van der Waals surface area (Å²) in [4.78, 5) is 40.0. The topological polar surface area (TPSA) is 304 Å². The Morgan fingerprint density at radius 2 is 0.580 bits per heavy atom. The molecule has 0 saturated heterocycles. The molecule has 0 aliphatic heterocycles. The average molecular weight is 1490 g/mol. The van der Waals surface area contributed by atoms with Crippen molar-refractivity contribution in [2.75, 3.05) is 37.0 Å². The van der Waals surface area contributed by atoms with Crippen molar-refractivity contribution in [2.45, 2.75) is 63.6 Å². The first-order valence-electron chi connectivity index (χ1n) is 37.6. The summed E-state index contributed by atoms with van der Waals surface area (Å²) in [6.07, 6.45) is 3.56. The molecular formula is C97H101N9O6. The standard InChI is InChI=1S/C33H34N2O2.C32H34N4O2.C32H33N3O2/c1-23-11-13-27(14-12-23)28-15-17-29(18-16-28)33(37)35-32(21-25-7-4-3-5-8-25)31(22-36)20-26-9-6-10-30(19-26)24(2)34;1-21(33)26-9-5-8-23(16-26)17-27(20-37)31(18-22-6-3-2-4-7-22)36-32(38)25-12-10-24(11-13-25)29-15-14-28(34)19-30(29)35;1-22(33)28-9-5-8-24(18-28)19-29(21-36)31(20-23-6-3-2-4-7-23)35-32(37)27-12-10-25(11-13-27)26-14-16-30(34)17-15-26/h3-19,31-32,36H,2,20-22,34H2,1H3,(H,35,37);2-16,19,27,31,37H,1,17-18,20,33-35H2,(H,36,38);2-18,29,31,36H,1,19-21,33-34H2,(H,35,37). The van der Waals surface area contributed by atoms with Crippen LogP contribution < -0.4 is 50.4 Å².